The van der Waals surface area contributed by atoms with Crippen LogP contribution in [-0.2, 0) is 4.79 Å². The average Bonchev–Trinajstić information content (AvgIpc) is 2.79. The van der Waals surface area contributed by atoms with Gasteiger partial charge in [-0.2, -0.15) is 0 Å². The minimum absolute atomic E-state index is 0.0333. The molecule has 0 aromatic carbocycles. The van der Waals surface area contributed by atoms with E-state index in [1.165, 1.54) is 0 Å². The summed E-state index contributed by atoms with van der Waals surface area (Å²) >= 11 is 0. The molecular formula is C15H22O3. The maximum absolute atomic E-state index is 11.6. The summed E-state index contributed by atoms with van der Waals surface area (Å²) in [5.74, 6) is 0.718. The van der Waals surface area contributed by atoms with Gasteiger partial charge in [-0.25, -0.2) is 0 Å². The van der Waals surface area contributed by atoms with Crippen LogP contribution in [0.2, 0.25) is 0 Å². The minimum atomic E-state index is -0.0502. The van der Waals surface area contributed by atoms with E-state index >= 15 is 0 Å². The van der Waals surface area contributed by atoms with Crippen molar-refractivity contribution in [1.82, 2.24) is 0 Å². The molecule has 0 bridgehead atoms. The Morgan fingerprint density at radius 3 is 2.89 bits per heavy atom. The number of carbonyl (C=O) groups excluding carboxylic acids is 1. The smallest absolute Gasteiger partial charge is 0.156 e. The van der Waals surface area contributed by atoms with E-state index in [0.717, 1.165) is 30.4 Å². The molecule has 0 aromatic rings. The number of hydrogen-bond donors (Lipinski definition) is 2. The third-order valence-corrected chi connectivity index (χ3v) is 4.93. The molecule has 100 valence electrons. The zero-order chi connectivity index (χ0) is 13.3. The van der Waals surface area contributed by atoms with Crippen molar-refractivity contribution in [2.75, 3.05) is 13.2 Å². The second-order valence-electron chi connectivity index (χ2n) is 5.81. The van der Waals surface area contributed by atoms with Crippen LogP contribution in [0.5, 0.6) is 0 Å². The van der Waals surface area contributed by atoms with Crippen LogP contribution in [0.25, 0.3) is 0 Å². The molecule has 2 rings (SSSR count). The fourth-order valence-electron chi connectivity index (χ4n) is 3.71. The molecule has 0 heterocycles. The zero-order valence-corrected chi connectivity index (χ0v) is 11.0. The molecule has 0 radical (unpaired) electrons. The molecule has 3 nitrogen and oxygen atoms in total. The molecule has 3 unspecified atom stereocenters. The van der Waals surface area contributed by atoms with Crippen molar-refractivity contribution in [1.29, 1.82) is 0 Å². The van der Waals surface area contributed by atoms with E-state index in [-0.39, 0.29) is 30.3 Å². The predicted molar refractivity (Wildman–Crippen MR) is 70.0 cm³/mol. The van der Waals surface area contributed by atoms with E-state index < -0.39 is 0 Å². The molecule has 0 amide bonds. The van der Waals surface area contributed by atoms with Gasteiger partial charge < -0.3 is 10.2 Å². The SMILES string of the molecule is C=C(CO)C1CCC2(C1)C(CO)=CC(=O)CC2C. The molecule has 0 aliphatic heterocycles. The molecule has 18 heavy (non-hydrogen) atoms. The second-order valence-corrected chi connectivity index (χ2v) is 5.81. The van der Waals surface area contributed by atoms with Gasteiger partial charge >= 0.3 is 0 Å². The van der Waals surface area contributed by atoms with Gasteiger partial charge in [-0.15, -0.1) is 0 Å². The Morgan fingerprint density at radius 2 is 2.28 bits per heavy atom. The van der Waals surface area contributed by atoms with Crippen molar-refractivity contribution in [3.63, 3.8) is 0 Å². The Labute approximate surface area is 108 Å². The van der Waals surface area contributed by atoms with Crippen LogP contribution in [0, 0.1) is 17.3 Å². The number of rotatable bonds is 3. The van der Waals surface area contributed by atoms with Crippen LogP contribution in [0.3, 0.4) is 0 Å². The van der Waals surface area contributed by atoms with E-state index in [2.05, 4.69) is 13.5 Å². The summed E-state index contributed by atoms with van der Waals surface area (Å²) in [6, 6.07) is 0. The lowest BCUT2D eigenvalue weighted by molar-refractivity contribution is -0.117. The van der Waals surface area contributed by atoms with Crippen molar-refractivity contribution in [2.45, 2.75) is 32.6 Å². The summed E-state index contributed by atoms with van der Waals surface area (Å²) in [5.41, 5.74) is 1.72. The van der Waals surface area contributed by atoms with E-state index in [1.54, 1.807) is 6.08 Å². The van der Waals surface area contributed by atoms with Crippen LogP contribution in [-0.4, -0.2) is 29.2 Å². The van der Waals surface area contributed by atoms with Crippen molar-refractivity contribution in [3.8, 4) is 0 Å². The van der Waals surface area contributed by atoms with E-state index in [4.69, 9.17) is 0 Å². The highest BCUT2D eigenvalue weighted by Gasteiger charge is 2.48. The fourth-order valence-corrected chi connectivity index (χ4v) is 3.71. The summed E-state index contributed by atoms with van der Waals surface area (Å²) < 4.78 is 0. The quantitative estimate of drug-likeness (QED) is 0.752. The predicted octanol–water partition coefficient (Wildman–Crippen LogP) is 1.85. The van der Waals surface area contributed by atoms with Crippen molar-refractivity contribution < 1.29 is 15.0 Å². The molecule has 1 fully saturated rings. The van der Waals surface area contributed by atoms with Gasteiger partial charge in [-0.1, -0.05) is 13.5 Å². The zero-order valence-electron chi connectivity index (χ0n) is 11.0. The van der Waals surface area contributed by atoms with Crippen LogP contribution < -0.4 is 0 Å². The summed E-state index contributed by atoms with van der Waals surface area (Å²) in [6.07, 6.45) is 5.10. The van der Waals surface area contributed by atoms with Crippen molar-refractivity contribution in [2.24, 2.45) is 17.3 Å². The maximum Gasteiger partial charge on any atom is 0.156 e. The third kappa shape index (κ3) is 2.06. The molecule has 2 N–H and O–H groups in total. The molecular weight excluding hydrogens is 228 g/mol. The number of aliphatic hydroxyl groups excluding tert-OH is 2. The first-order valence-electron chi connectivity index (χ1n) is 6.66. The molecule has 2 aliphatic rings. The summed E-state index contributed by atoms with van der Waals surface area (Å²) in [6.45, 7) is 6.03. The highest BCUT2D eigenvalue weighted by molar-refractivity contribution is 5.92. The number of hydrogen-bond acceptors (Lipinski definition) is 3. The average molecular weight is 250 g/mol. The van der Waals surface area contributed by atoms with Gasteiger partial charge in [-0.3, -0.25) is 4.79 Å². The molecule has 0 saturated heterocycles. The topological polar surface area (TPSA) is 57.5 Å². The molecule has 3 atom stereocenters. The first kappa shape index (κ1) is 13.5. The lowest BCUT2D eigenvalue weighted by atomic mass is 9.64. The van der Waals surface area contributed by atoms with E-state index in [0.29, 0.717) is 12.3 Å². The van der Waals surface area contributed by atoms with Gasteiger partial charge in [0.2, 0.25) is 0 Å². The molecule has 0 aromatic heterocycles. The van der Waals surface area contributed by atoms with Gasteiger partial charge in [0.25, 0.3) is 0 Å². The van der Waals surface area contributed by atoms with Gasteiger partial charge in [0.1, 0.15) is 0 Å². The minimum Gasteiger partial charge on any atom is -0.392 e. The highest BCUT2D eigenvalue weighted by atomic mass is 16.3. The number of carbonyl (C=O) groups is 1. The van der Waals surface area contributed by atoms with E-state index in [9.17, 15) is 15.0 Å². The Kier molecular flexibility index (Phi) is 3.74. The summed E-state index contributed by atoms with van der Waals surface area (Å²) in [4.78, 5) is 11.6. The van der Waals surface area contributed by atoms with Crippen molar-refractivity contribution in [3.05, 3.63) is 23.8 Å². The monoisotopic (exact) mass is 250 g/mol. The third-order valence-electron chi connectivity index (χ3n) is 4.93. The first-order valence-corrected chi connectivity index (χ1v) is 6.66. The normalized spacial score (nSPS) is 35.9. The van der Waals surface area contributed by atoms with Crippen LogP contribution in [0.15, 0.2) is 23.8 Å². The fraction of sp³-hybridized carbons (Fsp3) is 0.667. The van der Waals surface area contributed by atoms with Gasteiger partial charge in [0.15, 0.2) is 5.78 Å². The Morgan fingerprint density at radius 1 is 1.56 bits per heavy atom. The number of aliphatic hydroxyl groups is 2. The van der Waals surface area contributed by atoms with Crippen LogP contribution >= 0.6 is 0 Å². The highest BCUT2D eigenvalue weighted by Crippen LogP contribution is 2.55. The molecule has 2 aliphatic carbocycles. The van der Waals surface area contributed by atoms with Crippen molar-refractivity contribution >= 4 is 5.78 Å². The summed E-state index contributed by atoms with van der Waals surface area (Å²) in [7, 11) is 0. The molecule has 1 spiro atoms. The Bertz CT molecular complexity index is 397. The Hall–Kier alpha value is -0.930. The van der Waals surface area contributed by atoms with Gasteiger partial charge in [-0.05, 0) is 53.7 Å². The largest absolute Gasteiger partial charge is 0.392 e. The first-order chi connectivity index (χ1) is 8.53. The molecule has 3 heteroatoms. The second kappa shape index (κ2) is 4.98. The van der Waals surface area contributed by atoms with Crippen LogP contribution in [0.4, 0.5) is 0 Å². The van der Waals surface area contributed by atoms with Crippen LogP contribution in [0.1, 0.15) is 32.6 Å². The van der Waals surface area contributed by atoms with Gasteiger partial charge in [0.05, 0.1) is 13.2 Å². The van der Waals surface area contributed by atoms with E-state index in [1.807, 2.05) is 0 Å². The Balaban J connectivity index is 2.27. The standard InChI is InChI=1S/C15H22O3/c1-10(8-16)12-3-4-15(7-12)11(2)5-14(18)6-13(15)9-17/h6,11-12,16-17H,1,3-5,7-9H2,2H3. The lowest BCUT2D eigenvalue weighted by Gasteiger charge is -2.40. The van der Waals surface area contributed by atoms with Gasteiger partial charge in [0, 0.05) is 6.42 Å². The maximum atomic E-state index is 11.6. The lowest BCUT2D eigenvalue weighted by Crippen LogP contribution is -2.35. The summed E-state index contributed by atoms with van der Waals surface area (Å²) in [5, 5.41) is 18.7. The number of allylic oxidation sites excluding steroid dienone is 1. The molecule has 1 saturated carbocycles. The number of ketones is 1.